The molecule has 0 bridgehead atoms. The van der Waals surface area contributed by atoms with Crippen LogP contribution in [0.5, 0.6) is 0 Å². The van der Waals surface area contributed by atoms with Crippen molar-refractivity contribution in [3.63, 3.8) is 0 Å². The molecule has 0 heterocycles. The van der Waals surface area contributed by atoms with E-state index in [0.29, 0.717) is 0 Å². The molecule has 1 atom stereocenters. The Kier molecular flexibility index (Phi) is 6.69. The highest BCUT2D eigenvalue weighted by atomic mass is 16.5. The molecule has 1 aliphatic rings. The van der Waals surface area contributed by atoms with Gasteiger partial charge >= 0.3 is 0 Å². The number of allylic oxidation sites excluding steroid dienone is 1. The Balaban J connectivity index is 2.19. The van der Waals surface area contributed by atoms with Crippen LogP contribution in [0, 0.1) is 0 Å². The van der Waals surface area contributed by atoms with Crippen LogP contribution in [0.4, 0.5) is 0 Å². The van der Waals surface area contributed by atoms with Crippen LogP contribution in [0.2, 0.25) is 0 Å². The molecule has 15 heavy (non-hydrogen) atoms. The Morgan fingerprint density at radius 2 is 2.27 bits per heavy atom. The summed E-state index contributed by atoms with van der Waals surface area (Å²) in [5.74, 6) is 0. The van der Waals surface area contributed by atoms with Crippen molar-refractivity contribution in [1.82, 2.24) is 0 Å². The highest BCUT2D eigenvalue weighted by Crippen LogP contribution is 2.20. The van der Waals surface area contributed by atoms with E-state index in [1.54, 1.807) is 0 Å². The van der Waals surface area contributed by atoms with Crippen molar-refractivity contribution in [3.8, 4) is 0 Å². The van der Waals surface area contributed by atoms with Crippen molar-refractivity contribution in [2.45, 2.75) is 57.9 Å². The van der Waals surface area contributed by atoms with Gasteiger partial charge in [-0.3, -0.25) is 0 Å². The van der Waals surface area contributed by atoms with E-state index >= 15 is 0 Å². The monoisotopic (exact) mass is 211 g/mol. The van der Waals surface area contributed by atoms with Crippen molar-refractivity contribution in [1.29, 1.82) is 0 Å². The number of hydrogen-bond donors (Lipinski definition) is 1. The molecule has 1 unspecified atom stereocenters. The lowest BCUT2D eigenvalue weighted by atomic mass is 9.99. The highest BCUT2D eigenvalue weighted by Gasteiger charge is 2.10. The molecule has 0 saturated heterocycles. The maximum Gasteiger partial charge on any atom is 0.0466 e. The Morgan fingerprint density at radius 3 is 3.07 bits per heavy atom. The molecule has 2 N–H and O–H groups in total. The van der Waals surface area contributed by atoms with Gasteiger partial charge in [0.2, 0.25) is 0 Å². The van der Waals surface area contributed by atoms with Crippen LogP contribution in [0.3, 0.4) is 0 Å². The molecule has 1 aliphatic carbocycles. The topological polar surface area (TPSA) is 35.2 Å². The SMILES string of the molecule is CCOCCCC(N)C1=CCCCCC1. The maximum absolute atomic E-state index is 6.18. The molecular formula is C13H25NO. The molecule has 0 spiro atoms. The fourth-order valence-corrected chi connectivity index (χ4v) is 2.11. The van der Waals surface area contributed by atoms with Gasteiger partial charge in [-0.25, -0.2) is 0 Å². The smallest absolute Gasteiger partial charge is 0.0466 e. The summed E-state index contributed by atoms with van der Waals surface area (Å²) in [6.45, 7) is 3.71. The van der Waals surface area contributed by atoms with Gasteiger partial charge in [0.05, 0.1) is 0 Å². The molecule has 0 aromatic heterocycles. The van der Waals surface area contributed by atoms with Gasteiger partial charge in [-0.05, 0) is 45.4 Å². The van der Waals surface area contributed by atoms with Crippen molar-refractivity contribution in [2.75, 3.05) is 13.2 Å². The minimum atomic E-state index is 0.281. The minimum Gasteiger partial charge on any atom is -0.382 e. The summed E-state index contributed by atoms with van der Waals surface area (Å²) in [7, 11) is 0. The van der Waals surface area contributed by atoms with Gasteiger partial charge in [0.25, 0.3) is 0 Å². The van der Waals surface area contributed by atoms with E-state index in [1.807, 2.05) is 6.92 Å². The van der Waals surface area contributed by atoms with Gasteiger partial charge < -0.3 is 10.5 Å². The first-order chi connectivity index (χ1) is 7.34. The molecular weight excluding hydrogens is 186 g/mol. The average Bonchev–Trinajstić information content (AvgIpc) is 2.52. The Morgan fingerprint density at radius 1 is 1.40 bits per heavy atom. The molecule has 0 saturated carbocycles. The van der Waals surface area contributed by atoms with E-state index in [4.69, 9.17) is 10.5 Å². The third-order valence-electron chi connectivity index (χ3n) is 3.06. The normalized spacial score (nSPS) is 19.5. The Labute approximate surface area is 93.9 Å². The first kappa shape index (κ1) is 12.7. The van der Waals surface area contributed by atoms with E-state index in [2.05, 4.69) is 6.08 Å². The zero-order valence-corrected chi connectivity index (χ0v) is 10.0. The number of rotatable bonds is 6. The second-order valence-corrected chi connectivity index (χ2v) is 4.32. The molecule has 0 radical (unpaired) electrons. The molecule has 0 amide bonds. The summed E-state index contributed by atoms with van der Waals surface area (Å²) in [5, 5.41) is 0. The van der Waals surface area contributed by atoms with Gasteiger partial charge in [0.15, 0.2) is 0 Å². The minimum absolute atomic E-state index is 0.281. The van der Waals surface area contributed by atoms with Crippen LogP contribution >= 0.6 is 0 Å². The predicted molar refractivity (Wildman–Crippen MR) is 64.9 cm³/mol. The second kappa shape index (κ2) is 7.89. The summed E-state index contributed by atoms with van der Waals surface area (Å²) in [6, 6.07) is 0.281. The van der Waals surface area contributed by atoms with Crippen LogP contribution in [-0.4, -0.2) is 19.3 Å². The molecule has 88 valence electrons. The summed E-state index contributed by atoms with van der Waals surface area (Å²) >= 11 is 0. The lowest BCUT2D eigenvalue weighted by molar-refractivity contribution is 0.142. The fourth-order valence-electron chi connectivity index (χ4n) is 2.11. The molecule has 0 fully saturated rings. The predicted octanol–water partition coefficient (Wildman–Crippen LogP) is 3.02. The summed E-state index contributed by atoms with van der Waals surface area (Å²) in [5.41, 5.74) is 7.67. The Bertz CT molecular complexity index is 189. The largest absolute Gasteiger partial charge is 0.382 e. The zero-order chi connectivity index (χ0) is 10.9. The van der Waals surface area contributed by atoms with Crippen molar-refractivity contribution >= 4 is 0 Å². The summed E-state index contributed by atoms with van der Waals surface area (Å²) < 4.78 is 5.32. The fraction of sp³-hybridized carbons (Fsp3) is 0.846. The quantitative estimate of drug-likeness (QED) is 0.541. The van der Waals surface area contributed by atoms with Crippen LogP contribution in [-0.2, 0) is 4.74 Å². The number of ether oxygens (including phenoxy) is 1. The van der Waals surface area contributed by atoms with Gasteiger partial charge in [-0.1, -0.05) is 18.1 Å². The van der Waals surface area contributed by atoms with Crippen molar-refractivity contribution in [3.05, 3.63) is 11.6 Å². The van der Waals surface area contributed by atoms with E-state index < -0.39 is 0 Å². The summed E-state index contributed by atoms with van der Waals surface area (Å²) in [6.07, 6.45) is 11.0. The van der Waals surface area contributed by atoms with Gasteiger partial charge in [-0.2, -0.15) is 0 Å². The standard InChI is InChI=1S/C13H25NO/c1-2-15-11-7-10-13(14)12-8-5-3-4-6-9-12/h8,13H,2-7,9-11,14H2,1H3. The third kappa shape index (κ3) is 5.33. The third-order valence-corrected chi connectivity index (χ3v) is 3.06. The highest BCUT2D eigenvalue weighted by molar-refractivity contribution is 5.11. The molecule has 0 aliphatic heterocycles. The van der Waals surface area contributed by atoms with Gasteiger partial charge in [0, 0.05) is 19.3 Å². The first-order valence-electron chi connectivity index (χ1n) is 6.37. The zero-order valence-electron chi connectivity index (χ0n) is 10.0. The average molecular weight is 211 g/mol. The molecule has 2 nitrogen and oxygen atoms in total. The van der Waals surface area contributed by atoms with E-state index in [0.717, 1.165) is 26.1 Å². The molecule has 0 aromatic rings. The van der Waals surface area contributed by atoms with Crippen molar-refractivity contribution in [2.24, 2.45) is 5.73 Å². The maximum atomic E-state index is 6.18. The van der Waals surface area contributed by atoms with Gasteiger partial charge in [0.1, 0.15) is 0 Å². The van der Waals surface area contributed by atoms with Crippen LogP contribution in [0.25, 0.3) is 0 Å². The van der Waals surface area contributed by atoms with Crippen molar-refractivity contribution < 1.29 is 4.74 Å². The van der Waals surface area contributed by atoms with Crippen LogP contribution < -0.4 is 5.73 Å². The Hall–Kier alpha value is -0.340. The summed E-state index contributed by atoms with van der Waals surface area (Å²) in [4.78, 5) is 0. The van der Waals surface area contributed by atoms with Crippen LogP contribution in [0.1, 0.15) is 51.9 Å². The van der Waals surface area contributed by atoms with Gasteiger partial charge in [-0.15, -0.1) is 0 Å². The second-order valence-electron chi connectivity index (χ2n) is 4.32. The first-order valence-corrected chi connectivity index (χ1v) is 6.37. The van der Waals surface area contributed by atoms with Crippen LogP contribution in [0.15, 0.2) is 11.6 Å². The lowest BCUT2D eigenvalue weighted by Crippen LogP contribution is -2.23. The van der Waals surface area contributed by atoms with E-state index in [-0.39, 0.29) is 6.04 Å². The molecule has 0 aromatic carbocycles. The molecule has 1 rings (SSSR count). The number of hydrogen-bond acceptors (Lipinski definition) is 2. The molecule has 2 heteroatoms. The van der Waals surface area contributed by atoms with E-state index in [1.165, 1.54) is 37.7 Å². The lowest BCUT2D eigenvalue weighted by Gasteiger charge is -2.15. The number of nitrogens with two attached hydrogens (primary N) is 1. The van der Waals surface area contributed by atoms with E-state index in [9.17, 15) is 0 Å².